The average molecular weight is 328 g/mol. The second-order valence-electron chi connectivity index (χ2n) is 4.69. The molecule has 0 spiro atoms. The Kier molecular flexibility index (Phi) is 7.54. The SMILES string of the molecule is Cl.Oc1ccc(CCNCC(O)c2cccc(Cl)c2)cc1. The van der Waals surface area contributed by atoms with Gasteiger partial charge in [0.15, 0.2) is 0 Å². The highest BCUT2D eigenvalue weighted by molar-refractivity contribution is 6.30. The van der Waals surface area contributed by atoms with E-state index >= 15 is 0 Å². The smallest absolute Gasteiger partial charge is 0.115 e. The van der Waals surface area contributed by atoms with Crippen molar-refractivity contribution in [3.8, 4) is 5.75 Å². The highest BCUT2D eigenvalue weighted by atomic mass is 35.5. The molecule has 2 rings (SSSR count). The average Bonchev–Trinajstić information content (AvgIpc) is 2.45. The first-order chi connectivity index (χ1) is 9.65. The minimum absolute atomic E-state index is 0. The minimum Gasteiger partial charge on any atom is -0.508 e. The number of phenols is 1. The molecule has 1 unspecified atom stereocenters. The number of aromatic hydroxyl groups is 1. The summed E-state index contributed by atoms with van der Waals surface area (Å²) in [7, 11) is 0. The largest absolute Gasteiger partial charge is 0.508 e. The first-order valence-corrected chi connectivity index (χ1v) is 6.95. The lowest BCUT2D eigenvalue weighted by atomic mass is 10.1. The zero-order valence-electron chi connectivity index (χ0n) is 11.5. The molecule has 0 fully saturated rings. The van der Waals surface area contributed by atoms with E-state index < -0.39 is 6.10 Å². The summed E-state index contributed by atoms with van der Waals surface area (Å²) < 4.78 is 0. The Morgan fingerprint density at radius 1 is 1.10 bits per heavy atom. The number of rotatable bonds is 6. The van der Waals surface area contributed by atoms with Gasteiger partial charge < -0.3 is 15.5 Å². The number of phenolic OH excluding ortho intramolecular Hbond substituents is 1. The summed E-state index contributed by atoms with van der Waals surface area (Å²) in [6, 6.07) is 14.4. The lowest BCUT2D eigenvalue weighted by Crippen LogP contribution is -2.23. The molecule has 0 saturated carbocycles. The highest BCUT2D eigenvalue weighted by Gasteiger charge is 2.06. The molecule has 3 nitrogen and oxygen atoms in total. The zero-order valence-corrected chi connectivity index (χ0v) is 13.1. The first-order valence-electron chi connectivity index (χ1n) is 6.57. The maximum absolute atomic E-state index is 10.0. The van der Waals surface area contributed by atoms with Crippen molar-refractivity contribution >= 4 is 24.0 Å². The molecule has 0 aliphatic carbocycles. The van der Waals surface area contributed by atoms with Crippen LogP contribution >= 0.6 is 24.0 Å². The number of halogens is 2. The standard InChI is InChI=1S/C16H18ClNO2.ClH/c17-14-3-1-2-13(10-14)16(20)11-18-9-8-12-4-6-15(19)7-5-12;/h1-7,10,16,18-20H,8-9,11H2;1H. The van der Waals surface area contributed by atoms with Crippen LogP contribution in [-0.2, 0) is 6.42 Å². The third-order valence-corrected chi connectivity index (χ3v) is 3.33. The van der Waals surface area contributed by atoms with E-state index in [4.69, 9.17) is 11.6 Å². The van der Waals surface area contributed by atoms with Crippen molar-refractivity contribution in [1.82, 2.24) is 5.32 Å². The summed E-state index contributed by atoms with van der Waals surface area (Å²) >= 11 is 5.89. The molecular weight excluding hydrogens is 309 g/mol. The Morgan fingerprint density at radius 2 is 1.81 bits per heavy atom. The summed E-state index contributed by atoms with van der Waals surface area (Å²) in [4.78, 5) is 0. The van der Waals surface area contributed by atoms with Crippen molar-refractivity contribution < 1.29 is 10.2 Å². The molecule has 0 saturated heterocycles. The molecule has 114 valence electrons. The molecule has 0 amide bonds. The second-order valence-corrected chi connectivity index (χ2v) is 5.13. The third-order valence-electron chi connectivity index (χ3n) is 3.10. The number of benzene rings is 2. The monoisotopic (exact) mass is 327 g/mol. The first kappa shape index (κ1) is 17.8. The number of hydrogen-bond donors (Lipinski definition) is 3. The van der Waals surface area contributed by atoms with Crippen LogP contribution < -0.4 is 5.32 Å². The van der Waals surface area contributed by atoms with E-state index in [1.165, 1.54) is 0 Å². The van der Waals surface area contributed by atoms with Gasteiger partial charge in [-0.05, 0) is 48.4 Å². The van der Waals surface area contributed by atoms with Crippen molar-refractivity contribution in [3.63, 3.8) is 0 Å². The molecule has 1 atom stereocenters. The van der Waals surface area contributed by atoms with Crippen molar-refractivity contribution in [2.45, 2.75) is 12.5 Å². The molecule has 0 aromatic heterocycles. The van der Waals surface area contributed by atoms with Gasteiger partial charge in [0.2, 0.25) is 0 Å². The van der Waals surface area contributed by atoms with Gasteiger partial charge in [-0.2, -0.15) is 0 Å². The van der Waals surface area contributed by atoms with Gasteiger partial charge in [0, 0.05) is 11.6 Å². The van der Waals surface area contributed by atoms with Crippen LogP contribution in [0.1, 0.15) is 17.2 Å². The fourth-order valence-electron chi connectivity index (χ4n) is 1.97. The van der Waals surface area contributed by atoms with Gasteiger partial charge in [0.25, 0.3) is 0 Å². The fourth-order valence-corrected chi connectivity index (χ4v) is 2.16. The summed E-state index contributed by atoms with van der Waals surface area (Å²) in [6.07, 6.45) is 0.288. The molecule has 3 N–H and O–H groups in total. The van der Waals surface area contributed by atoms with Gasteiger partial charge in [0.05, 0.1) is 6.10 Å². The number of nitrogens with one attached hydrogen (secondary N) is 1. The molecule has 0 aliphatic heterocycles. The van der Waals surface area contributed by atoms with E-state index in [0.717, 1.165) is 24.1 Å². The Labute approximate surface area is 136 Å². The van der Waals surface area contributed by atoms with Crippen LogP contribution in [-0.4, -0.2) is 23.3 Å². The summed E-state index contributed by atoms with van der Waals surface area (Å²) in [5.74, 6) is 0.276. The molecular formula is C16H19Cl2NO2. The Balaban J connectivity index is 0.00000220. The predicted molar refractivity (Wildman–Crippen MR) is 88.3 cm³/mol. The van der Waals surface area contributed by atoms with Crippen molar-refractivity contribution in [2.75, 3.05) is 13.1 Å². The third kappa shape index (κ3) is 5.94. The topological polar surface area (TPSA) is 52.5 Å². The van der Waals surface area contributed by atoms with Crippen LogP contribution in [0.4, 0.5) is 0 Å². The van der Waals surface area contributed by atoms with Crippen LogP contribution in [0.2, 0.25) is 5.02 Å². The van der Waals surface area contributed by atoms with Crippen LogP contribution in [0.3, 0.4) is 0 Å². The lowest BCUT2D eigenvalue weighted by molar-refractivity contribution is 0.175. The van der Waals surface area contributed by atoms with Gasteiger partial charge in [0.1, 0.15) is 5.75 Å². The maximum atomic E-state index is 10.0. The van der Waals surface area contributed by atoms with Gasteiger partial charge >= 0.3 is 0 Å². The summed E-state index contributed by atoms with van der Waals surface area (Å²) in [5.41, 5.74) is 1.96. The summed E-state index contributed by atoms with van der Waals surface area (Å²) in [5, 5.41) is 23.1. The van der Waals surface area contributed by atoms with Crippen molar-refractivity contribution in [1.29, 1.82) is 0 Å². The molecule has 0 radical (unpaired) electrons. The molecule has 0 bridgehead atoms. The van der Waals surface area contributed by atoms with Gasteiger partial charge in [-0.3, -0.25) is 0 Å². The number of aliphatic hydroxyl groups excluding tert-OH is 1. The van der Waals surface area contributed by atoms with E-state index in [1.807, 2.05) is 24.3 Å². The Bertz CT molecular complexity index is 546. The van der Waals surface area contributed by atoms with Crippen molar-refractivity contribution in [2.24, 2.45) is 0 Å². The molecule has 5 heteroatoms. The molecule has 21 heavy (non-hydrogen) atoms. The lowest BCUT2D eigenvalue weighted by Gasteiger charge is -2.12. The van der Waals surface area contributed by atoms with Gasteiger partial charge in [-0.25, -0.2) is 0 Å². The predicted octanol–water partition coefficient (Wildman–Crippen LogP) is 3.33. The van der Waals surface area contributed by atoms with E-state index in [1.54, 1.807) is 24.3 Å². The molecule has 0 heterocycles. The van der Waals surface area contributed by atoms with Gasteiger partial charge in [-0.1, -0.05) is 35.9 Å². The van der Waals surface area contributed by atoms with E-state index in [9.17, 15) is 10.2 Å². The van der Waals surface area contributed by atoms with Crippen LogP contribution in [0, 0.1) is 0 Å². The minimum atomic E-state index is -0.562. The van der Waals surface area contributed by atoms with E-state index in [-0.39, 0.29) is 18.2 Å². The van der Waals surface area contributed by atoms with E-state index in [2.05, 4.69) is 5.32 Å². The normalized spacial score (nSPS) is 11.7. The van der Waals surface area contributed by atoms with E-state index in [0.29, 0.717) is 11.6 Å². The fraction of sp³-hybridized carbons (Fsp3) is 0.250. The van der Waals surface area contributed by atoms with Crippen LogP contribution in [0.25, 0.3) is 0 Å². The molecule has 2 aromatic carbocycles. The highest BCUT2D eigenvalue weighted by Crippen LogP contribution is 2.17. The Hall–Kier alpha value is -1.26. The zero-order chi connectivity index (χ0) is 14.4. The number of hydrogen-bond acceptors (Lipinski definition) is 3. The van der Waals surface area contributed by atoms with Crippen LogP contribution in [0.5, 0.6) is 5.75 Å². The molecule has 2 aromatic rings. The van der Waals surface area contributed by atoms with Gasteiger partial charge in [-0.15, -0.1) is 12.4 Å². The maximum Gasteiger partial charge on any atom is 0.115 e. The Morgan fingerprint density at radius 3 is 2.48 bits per heavy atom. The van der Waals surface area contributed by atoms with Crippen molar-refractivity contribution in [3.05, 3.63) is 64.7 Å². The quantitative estimate of drug-likeness (QED) is 0.713. The number of aliphatic hydroxyl groups is 1. The van der Waals surface area contributed by atoms with Crippen LogP contribution in [0.15, 0.2) is 48.5 Å². The molecule has 0 aliphatic rings. The summed E-state index contributed by atoms with van der Waals surface area (Å²) in [6.45, 7) is 1.25. The second kappa shape index (κ2) is 8.90.